The lowest BCUT2D eigenvalue weighted by Gasteiger charge is -2.12. The Morgan fingerprint density at radius 1 is 1.21 bits per heavy atom. The summed E-state index contributed by atoms with van der Waals surface area (Å²) < 4.78 is 0. The van der Waals surface area contributed by atoms with E-state index in [0.717, 1.165) is 11.3 Å². The number of hydrazone groups is 1. The van der Waals surface area contributed by atoms with Crippen molar-refractivity contribution in [2.24, 2.45) is 5.10 Å². The van der Waals surface area contributed by atoms with Gasteiger partial charge in [0.1, 0.15) is 0 Å². The summed E-state index contributed by atoms with van der Waals surface area (Å²) in [5.74, 6) is 0. The molecule has 2 aromatic rings. The first-order valence-corrected chi connectivity index (χ1v) is 7.71. The van der Waals surface area contributed by atoms with Gasteiger partial charge in [0.25, 0.3) is 5.69 Å². The predicted octanol–water partition coefficient (Wildman–Crippen LogP) is 3.92. The lowest BCUT2D eigenvalue weighted by atomic mass is 10.1. The van der Waals surface area contributed by atoms with Crippen LogP contribution >= 0.6 is 12.2 Å². The molecule has 6 nitrogen and oxygen atoms in total. The zero-order valence-electron chi connectivity index (χ0n) is 13.7. The van der Waals surface area contributed by atoms with Crippen LogP contribution in [-0.2, 0) is 0 Å². The molecule has 0 saturated heterocycles. The van der Waals surface area contributed by atoms with E-state index in [4.69, 9.17) is 12.2 Å². The van der Waals surface area contributed by atoms with Gasteiger partial charge >= 0.3 is 0 Å². The van der Waals surface area contributed by atoms with Gasteiger partial charge in [-0.05, 0) is 50.2 Å². The molecule has 0 aromatic heterocycles. The molecule has 0 fully saturated rings. The molecule has 0 aliphatic carbocycles. The maximum absolute atomic E-state index is 10.8. The summed E-state index contributed by atoms with van der Waals surface area (Å²) >= 11 is 5.24. The maximum atomic E-state index is 10.8. The van der Waals surface area contributed by atoms with Gasteiger partial charge < -0.3 is 5.32 Å². The molecule has 0 heterocycles. The number of anilines is 1. The molecule has 0 bridgehead atoms. The number of nitro groups is 1. The molecule has 0 unspecified atom stereocenters. The Kier molecular flexibility index (Phi) is 5.59. The highest BCUT2D eigenvalue weighted by Gasteiger charge is 2.08. The highest BCUT2D eigenvalue weighted by Crippen LogP contribution is 2.18. The van der Waals surface area contributed by atoms with Crippen molar-refractivity contribution in [3.05, 3.63) is 69.3 Å². The van der Waals surface area contributed by atoms with Crippen LogP contribution in [0.3, 0.4) is 0 Å². The minimum absolute atomic E-state index is 0.0261. The predicted molar refractivity (Wildman–Crippen MR) is 101 cm³/mol. The van der Waals surface area contributed by atoms with Crippen LogP contribution in [0.2, 0.25) is 0 Å². The highest BCUT2D eigenvalue weighted by atomic mass is 32.1. The summed E-state index contributed by atoms with van der Waals surface area (Å²) in [6.07, 6.45) is 0. The first-order chi connectivity index (χ1) is 11.4. The summed E-state index contributed by atoms with van der Waals surface area (Å²) in [5.41, 5.74) is 7.24. The molecule has 0 atom stereocenters. The Morgan fingerprint density at radius 2 is 1.92 bits per heavy atom. The molecule has 124 valence electrons. The Labute approximate surface area is 145 Å². The largest absolute Gasteiger partial charge is 0.331 e. The molecule has 0 aliphatic rings. The average molecular weight is 342 g/mol. The van der Waals surface area contributed by atoms with E-state index in [-0.39, 0.29) is 5.69 Å². The number of thiocarbonyl (C=S) groups is 1. The normalized spacial score (nSPS) is 11.0. The van der Waals surface area contributed by atoms with Gasteiger partial charge in [-0.2, -0.15) is 5.10 Å². The third-order valence-corrected chi connectivity index (χ3v) is 3.85. The van der Waals surface area contributed by atoms with Crippen molar-refractivity contribution in [3.8, 4) is 0 Å². The van der Waals surface area contributed by atoms with Crippen molar-refractivity contribution in [2.75, 3.05) is 5.32 Å². The van der Waals surface area contributed by atoms with Crippen LogP contribution in [0.4, 0.5) is 11.4 Å². The standard InChI is InChI=1S/C17H18N4O2S/c1-11-6-4-9-16(12(11)2)18-17(24)20-19-13(3)14-7-5-8-15(10-14)21(22)23/h4-10H,1-3H3,(H2,18,20,24)/b19-13+. The van der Waals surface area contributed by atoms with Gasteiger partial charge in [-0.3, -0.25) is 15.5 Å². The van der Waals surface area contributed by atoms with Gasteiger partial charge in [0.2, 0.25) is 0 Å². The molecular formula is C17H18N4O2S. The molecule has 7 heteroatoms. The minimum Gasteiger partial charge on any atom is -0.331 e. The summed E-state index contributed by atoms with van der Waals surface area (Å²) in [6.45, 7) is 5.80. The van der Waals surface area contributed by atoms with E-state index in [9.17, 15) is 10.1 Å². The zero-order chi connectivity index (χ0) is 17.7. The fourth-order valence-corrected chi connectivity index (χ4v) is 2.24. The number of non-ortho nitro benzene ring substituents is 1. The zero-order valence-corrected chi connectivity index (χ0v) is 14.5. The average Bonchev–Trinajstić information content (AvgIpc) is 2.57. The fraction of sp³-hybridized carbons (Fsp3) is 0.176. The molecule has 24 heavy (non-hydrogen) atoms. The monoisotopic (exact) mass is 342 g/mol. The van der Waals surface area contributed by atoms with E-state index in [1.807, 2.05) is 32.0 Å². The molecular weight excluding hydrogens is 324 g/mol. The van der Waals surface area contributed by atoms with E-state index < -0.39 is 4.92 Å². The van der Waals surface area contributed by atoms with Gasteiger partial charge in [0.15, 0.2) is 5.11 Å². The van der Waals surface area contributed by atoms with E-state index >= 15 is 0 Å². The van der Waals surface area contributed by atoms with Crippen LogP contribution < -0.4 is 10.7 Å². The van der Waals surface area contributed by atoms with E-state index in [2.05, 4.69) is 15.8 Å². The maximum Gasteiger partial charge on any atom is 0.270 e. The Morgan fingerprint density at radius 3 is 2.62 bits per heavy atom. The van der Waals surface area contributed by atoms with Crippen LogP contribution in [0, 0.1) is 24.0 Å². The third-order valence-electron chi connectivity index (χ3n) is 3.65. The third kappa shape index (κ3) is 4.36. The van der Waals surface area contributed by atoms with E-state index in [1.165, 1.54) is 17.7 Å². The van der Waals surface area contributed by atoms with Crippen molar-refractivity contribution in [3.63, 3.8) is 0 Å². The van der Waals surface area contributed by atoms with Crippen molar-refractivity contribution in [1.29, 1.82) is 0 Å². The van der Waals surface area contributed by atoms with Crippen molar-refractivity contribution in [2.45, 2.75) is 20.8 Å². The van der Waals surface area contributed by atoms with E-state index in [0.29, 0.717) is 16.4 Å². The second kappa shape index (κ2) is 7.65. The van der Waals surface area contributed by atoms with Crippen LogP contribution in [-0.4, -0.2) is 15.7 Å². The quantitative estimate of drug-likeness (QED) is 0.381. The second-order valence-electron chi connectivity index (χ2n) is 5.32. The molecule has 2 N–H and O–H groups in total. The van der Waals surface area contributed by atoms with Crippen molar-refractivity contribution < 1.29 is 4.92 Å². The number of hydrogen-bond donors (Lipinski definition) is 2. The molecule has 0 radical (unpaired) electrons. The van der Waals surface area contributed by atoms with Crippen molar-refractivity contribution in [1.82, 2.24) is 5.43 Å². The smallest absolute Gasteiger partial charge is 0.270 e. The molecule has 0 aliphatic heterocycles. The SMILES string of the molecule is C/C(=N\NC(=S)Nc1cccc(C)c1C)c1cccc([N+](=O)[O-])c1. The number of nitrogens with one attached hydrogen (secondary N) is 2. The molecule has 2 rings (SSSR count). The van der Waals surface area contributed by atoms with E-state index in [1.54, 1.807) is 19.1 Å². The van der Waals surface area contributed by atoms with Gasteiger partial charge in [-0.1, -0.05) is 24.3 Å². The Hall–Kier alpha value is -2.80. The van der Waals surface area contributed by atoms with Crippen LogP contribution in [0.5, 0.6) is 0 Å². The topological polar surface area (TPSA) is 79.6 Å². The number of hydrogen-bond acceptors (Lipinski definition) is 4. The van der Waals surface area contributed by atoms with Crippen LogP contribution in [0.15, 0.2) is 47.6 Å². The highest BCUT2D eigenvalue weighted by molar-refractivity contribution is 7.80. The number of nitro benzene ring substituents is 1. The molecule has 0 saturated carbocycles. The fourth-order valence-electron chi connectivity index (χ4n) is 2.08. The first-order valence-electron chi connectivity index (χ1n) is 7.31. The summed E-state index contributed by atoms with van der Waals surface area (Å²) in [4.78, 5) is 10.4. The van der Waals surface area contributed by atoms with Crippen molar-refractivity contribution >= 4 is 34.4 Å². The molecule has 0 amide bonds. The molecule has 0 spiro atoms. The lowest BCUT2D eigenvalue weighted by molar-refractivity contribution is -0.384. The number of rotatable bonds is 4. The second-order valence-corrected chi connectivity index (χ2v) is 5.73. The van der Waals surface area contributed by atoms with Crippen LogP contribution in [0.1, 0.15) is 23.6 Å². The summed E-state index contributed by atoms with van der Waals surface area (Å²) in [6, 6.07) is 12.2. The molecule has 2 aromatic carbocycles. The van der Waals surface area contributed by atoms with Gasteiger partial charge in [0.05, 0.1) is 10.6 Å². The summed E-state index contributed by atoms with van der Waals surface area (Å²) in [7, 11) is 0. The number of benzene rings is 2. The first kappa shape index (κ1) is 17.6. The lowest BCUT2D eigenvalue weighted by Crippen LogP contribution is -2.25. The van der Waals surface area contributed by atoms with Gasteiger partial charge in [0, 0.05) is 23.4 Å². The minimum atomic E-state index is -0.434. The number of nitrogens with zero attached hydrogens (tertiary/aromatic N) is 2. The number of aryl methyl sites for hydroxylation is 1. The van der Waals surface area contributed by atoms with Gasteiger partial charge in [-0.25, -0.2) is 0 Å². The Bertz CT molecular complexity index is 818. The van der Waals surface area contributed by atoms with Gasteiger partial charge in [-0.15, -0.1) is 0 Å². The van der Waals surface area contributed by atoms with Crippen LogP contribution in [0.25, 0.3) is 0 Å². The summed E-state index contributed by atoms with van der Waals surface area (Å²) in [5, 5.41) is 18.5. The Balaban J connectivity index is 2.06.